The molecule has 4 N–H and O–H groups in total. The van der Waals surface area contributed by atoms with Gasteiger partial charge in [-0.3, -0.25) is 14.5 Å². The molecule has 2 aromatic carbocycles. The van der Waals surface area contributed by atoms with Gasteiger partial charge < -0.3 is 26.0 Å². The second-order valence-corrected chi connectivity index (χ2v) is 10.8. The molecule has 1 atom stereocenters. The number of ether oxygens (including phenoxy) is 1. The molecular formula is C28H31ClFN7O3. The minimum atomic E-state index is -0.634. The number of nitrogens with one attached hydrogen (secondary N) is 4. The fourth-order valence-corrected chi connectivity index (χ4v) is 5.28. The second-order valence-electron chi connectivity index (χ2n) is 10.4. The molecule has 3 heterocycles. The van der Waals surface area contributed by atoms with Crippen molar-refractivity contribution in [1.29, 1.82) is 0 Å². The van der Waals surface area contributed by atoms with Crippen LogP contribution in [0.15, 0.2) is 42.6 Å². The molecule has 1 aromatic heterocycles. The largest absolute Gasteiger partial charge is 0.379 e. The van der Waals surface area contributed by atoms with Gasteiger partial charge in [-0.1, -0.05) is 37.6 Å². The summed E-state index contributed by atoms with van der Waals surface area (Å²) in [6.45, 7) is 6.96. The molecule has 5 rings (SSSR count). The monoisotopic (exact) mass is 567 g/mol. The van der Waals surface area contributed by atoms with Crippen molar-refractivity contribution in [1.82, 2.24) is 20.2 Å². The van der Waals surface area contributed by atoms with Crippen LogP contribution in [0.5, 0.6) is 0 Å². The van der Waals surface area contributed by atoms with Crippen molar-refractivity contribution < 1.29 is 18.7 Å². The first-order valence-electron chi connectivity index (χ1n) is 13.0. The highest BCUT2D eigenvalue weighted by atomic mass is 35.5. The number of nitrogens with zero attached hydrogens (tertiary/aromatic N) is 3. The lowest BCUT2D eigenvalue weighted by atomic mass is 9.78. The van der Waals surface area contributed by atoms with Crippen LogP contribution in [0.4, 0.5) is 33.2 Å². The molecule has 2 aliphatic rings. The number of rotatable bonds is 6. The van der Waals surface area contributed by atoms with Crippen molar-refractivity contribution in [3.63, 3.8) is 0 Å². The van der Waals surface area contributed by atoms with Gasteiger partial charge in [0.1, 0.15) is 10.8 Å². The Balaban J connectivity index is 1.40. The number of morpholine rings is 1. The van der Waals surface area contributed by atoms with Gasteiger partial charge in [-0.05, 0) is 41.7 Å². The molecular weight excluding hydrogens is 537 g/mol. The molecule has 0 aliphatic carbocycles. The Morgan fingerprint density at radius 3 is 2.73 bits per heavy atom. The van der Waals surface area contributed by atoms with Crippen LogP contribution in [-0.4, -0.2) is 66.1 Å². The number of anilines is 5. The Morgan fingerprint density at radius 1 is 1.20 bits per heavy atom. The predicted octanol–water partition coefficient (Wildman–Crippen LogP) is 4.44. The van der Waals surface area contributed by atoms with Crippen LogP contribution in [0.2, 0.25) is 5.02 Å². The molecule has 0 bridgehead atoms. The summed E-state index contributed by atoms with van der Waals surface area (Å²) >= 11 is 6.31. The minimum absolute atomic E-state index is 0.0445. The third-order valence-electron chi connectivity index (χ3n) is 7.23. The van der Waals surface area contributed by atoms with E-state index in [4.69, 9.17) is 16.3 Å². The fraction of sp³-hybridized carbons (Fsp3) is 0.357. The Morgan fingerprint density at radius 2 is 1.98 bits per heavy atom. The molecule has 2 amide bonds. The molecule has 40 heavy (non-hydrogen) atoms. The summed E-state index contributed by atoms with van der Waals surface area (Å²) in [6, 6.07) is 9.65. The average Bonchev–Trinajstić information content (AvgIpc) is 3.04. The molecule has 1 fully saturated rings. The maximum atomic E-state index is 14.7. The van der Waals surface area contributed by atoms with E-state index in [9.17, 15) is 14.0 Å². The number of aromatic nitrogens is 2. The molecule has 3 aromatic rings. The molecule has 0 saturated carbocycles. The highest BCUT2D eigenvalue weighted by Gasteiger charge is 2.38. The lowest BCUT2D eigenvalue weighted by Crippen LogP contribution is -2.50. The van der Waals surface area contributed by atoms with Crippen LogP contribution >= 0.6 is 11.6 Å². The summed E-state index contributed by atoms with van der Waals surface area (Å²) in [5.74, 6) is -0.833. The van der Waals surface area contributed by atoms with Crippen LogP contribution in [-0.2, 0) is 14.9 Å². The highest BCUT2D eigenvalue weighted by Crippen LogP contribution is 2.40. The second kappa shape index (κ2) is 11.4. The summed E-state index contributed by atoms with van der Waals surface area (Å²) in [5, 5.41) is 11.7. The van der Waals surface area contributed by atoms with E-state index in [2.05, 4.69) is 50.0 Å². The summed E-state index contributed by atoms with van der Waals surface area (Å²) in [4.78, 5) is 36.4. The first kappa shape index (κ1) is 27.8. The Kier molecular flexibility index (Phi) is 7.88. The summed E-state index contributed by atoms with van der Waals surface area (Å²) in [5.41, 5.74) is 2.17. The maximum Gasteiger partial charge on any atom is 0.253 e. The van der Waals surface area contributed by atoms with Gasteiger partial charge in [0.15, 0.2) is 5.82 Å². The molecule has 1 saturated heterocycles. The van der Waals surface area contributed by atoms with Crippen molar-refractivity contribution >= 4 is 52.2 Å². The average molecular weight is 568 g/mol. The smallest absolute Gasteiger partial charge is 0.253 e. The minimum Gasteiger partial charge on any atom is -0.379 e. The Hall–Kier alpha value is -3.80. The molecule has 210 valence electrons. The number of carbonyl (C=O) groups excluding carboxylic acids is 2. The van der Waals surface area contributed by atoms with Crippen molar-refractivity contribution in [2.45, 2.75) is 31.7 Å². The van der Waals surface area contributed by atoms with E-state index in [1.807, 2.05) is 18.2 Å². The van der Waals surface area contributed by atoms with Gasteiger partial charge in [0.25, 0.3) is 5.91 Å². The third kappa shape index (κ3) is 5.72. The zero-order chi connectivity index (χ0) is 28.4. The standard InChI is InChI=1S/C28H31ClFN7O3/c1-28(2)14-22(37-9-11-40-12-10-37)26(39)34-21-13-16(7-8-18(21)28)33-27-32-15-19(29)24(36-27)35-23-17(25(38)31-3)5-4-6-20(23)30/h4-8,13,15,22H,9-12,14H2,1-3H3,(H,31,38)(H,34,39)(H2,32,33,35,36). The number of amides is 2. The van der Waals surface area contributed by atoms with Crippen LogP contribution in [0, 0.1) is 5.82 Å². The predicted molar refractivity (Wildman–Crippen MR) is 152 cm³/mol. The lowest BCUT2D eigenvalue weighted by Gasteiger charge is -2.36. The lowest BCUT2D eigenvalue weighted by molar-refractivity contribution is -0.123. The molecule has 10 nitrogen and oxygen atoms in total. The first-order valence-corrected chi connectivity index (χ1v) is 13.4. The zero-order valence-electron chi connectivity index (χ0n) is 22.5. The van der Waals surface area contributed by atoms with E-state index in [-0.39, 0.29) is 45.4 Å². The van der Waals surface area contributed by atoms with E-state index in [1.54, 1.807) is 0 Å². The normalized spacial score (nSPS) is 18.7. The van der Waals surface area contributed by atoms with E-state index in [1.165, 1.54) is 31.4 Å². The summed E-state index contributed by atoms with van der Waals surface area (Å²) in [6.07, 6.45) is 2.06. The maximum absolute atomic E-state index is 14.7. The van der Waals surface area contributed by atoms with E-state index in [0.717, 1.165) is 18.7 Å². The van der Waals surface area contributed by atoms with E-state index >= 15 is 0 Å². The molecule has 1 unspecified atom stereocenters. The molecule has 2 aliphatic heterocycles. The number of carbonyl (C=O) groups is 2. The molecule has 12 heteroatoms. The first-order chi connectivity index (χ1) is 19.2. The molecule has 0 spiro atoms. The van der Waals surface area contributed by atoms with Gasteiger partial charge >= 0.3 is 0 Å². The van der Waals surface area contributed by atoms with E-state index in [0.29, 0.717) is 31.0 Å². The van der Waals surface area contributed by atoms with Crippen molar-refractivity contribution in [2.24, 2.45) is 0 Å². The van der Waals surface area contributed by atoms with Gasteiger partial charge in [-0.15, -0.1) is 0 Å². The number of halogens is 2. The Bertz CT molecular complexity index is 1450. The van der Waals surface area contributed by atoms with Gasteiger partial charge in [0, 0.05) is 31.5 Å². The van der Waals surface area contributed by atoms with E-state index < -0.39 is 11.7 Å². The number of benzene rings is 2. The zero-order valence-corrected chi connectivity index (χ0v) is 23.2. The van der Waals surface area contributed by atoms with Crippen LogP contribution in [0.3, 0.4) is 0 Å². The third-order valence-corrected chi connectivity index (χ3v) is 7.50. The van der Waals surface area contributed by atoms with Crippen LogP contribution in [0.1, 0.15) is 36.2 Å². The summed E-state index contributed by atoms with van der Waals surface area (Å²) < 4.78 is 20.1. The quantitative estimate of drug-likeness (QED) is 0.345. The van der Waals surface area contributed by atoms with Crippen molar-refractivity contribution in [3.05, 3.63) is 64.6 Å². The van der Waals surface area contributed by atoms with Gasteiger partial charge in [-0.25, -0.2) is 9.37 Å². The van der Waals surface area contributed by atoms with Crippen molar-refractivity contribution in [3.8, 4) is 0 Å². The van der Waals surface area contributed by atoms with Gasteiger partial charge in [-0.2, -0.15) is 4.98 Å². The number of fused-ring (bicyclic) bond motifs is 1. The SMILES string of the molecule is CNC(=O)c1cccc(F)c1Nc1nc(Nc2ccc3c(c2)NC(=O)C(N2CCOCC2)CC3(C)C)ncc1Cl. The van der Waals surface area contributed by atoms with Gasteiger partial charge in [0.2, 0.25) is 11.9 Å². The Labute approximate surface area is 236 Å². The van der Waals surface area contributed by atoms with Crippen molar-refractivity contribution in [2.75, 3.05) is 49.3 Å². The van der Waals surface area contributed by atoms with Crippen LogP contribution < -0.4 is 21.3 Å². The number of hydrogen-bond donors (Lipinski definition) is 4. The molecule has 0 radical (unpaired) electrons. The number of hydrogen-bond acceptors (Lipinski definition) is 8. The highest BCUT2D eigenvalue weighted by molar-refractivity contribution is 6.33. The fourth-order valence-electron chi connectivity index (χ4n) is 5.14. The number of para-hydroxylation sites is 1. The van der Waals surface area contributed by atoms with Gasteiger partial charge in [0.05, 0.1) is 36.7 Å². The van der Waals surface area contributed by atoms with Crippen LogP contribution in [0.25, 0.3) is 0 Å². The summed E-state index contributed by atoms with van der Waals surface area (Å²) in [7, 11) is 1.46. The topological polar surface area (TPSA) is 121 Å².